The molecule has 27 heavy (non-hydrogen) atoms. The van der Waals surface area contributed by atoms with E-state index in [2.05, 4.69) is 20.5 Å². The number of nitrogens with zero attached hydrogens (tertiary/aromatic N) is 2. The lowest BCUT2D eigenvalue weighted by Gasteiger charge is -2.29. The number of ether oxygens (including phenoxy) is 1. The highest BCUT2D eigenvalue weighted by Crippen LogP contribution is 2.30. The quantitative estimate of drug-likeness (QED) is 0.850. The van der Waals surface area contributed by atoms with Crippen LogP contribution in [0, 0.1) is 5.92 Å². The fourth-order valence-electron chi connectivity index (χ4n) is 3.03. The summed E-state index contributed by atoms with van der Waals surface area (Å²) in [7, 11) is 0. The van der Waals surface area contributed by atoms with Gasteiger partial charge in [0, 0.05) is 36.6 Å². The third kappa shape index (κ3) is 4.25. The molecule has 1 aromatic carbocycles. The summed E-state index contributed by atoms with van der Waals surface area (Å²) in [6.45, 7) is 2.69. The number of aromatic nitrogens is 1. The van der Waals surface area contributed by atoms with Gasteiger partial charge in [-0.05, 0) is 49.2 Å². The van der Waals surface area contributed by atoms with Crippen LogP contribution in [0.3, 0.4) is 0 Å². The van der Waals surface area contributed by atoms with E-state index in [4.69, 9.17) is 4.74 Å². The molecule has 2 fully saturated rings. The summed E-state index contributed by atoms with van der Waals surface area (Å²) in [5.74, 6) is 0.692. The summed E-state index contributed by atoms with van der Waals surface area (Å²) in [5.41, 5.74) is 1.94. The molecule has 140 valence electrons. The highest BCUT2D eigenvalue weighted by Gasteiger charge is 2.29. The molecule has 0 unspecified atom stereocenters. The van der Waals surface area contributed by atoms with Crippen LogP contribution in [0.15, 0.2) is 42.6 Å². The first-order valence-electron chi connectivity index (χ1n) is 9.21. The predicted molar refractivity (Wildman–Crippen MR) is 103 cm³/mol. The molecule has 0 spiro atoms. The number of carbonyl (C=O) groups excluding carboxylic acids is 2. The number of morpholine rings is 1. The van der Waals surface area contributed by atoms with Crippen molar-refractivity contribution in [2.45, 2.75) is 12.8 Å². The molecule has 2 amide bonds. The van der Waals surface area contributed by atoms with Crippen molar-refractivity contribution in [3.63, 3.8) is 0 Å². The molecule has 7 heteroatoms. The van der Waals surface area contributed by atoms with E-state index in [1.165, 1.54) is 0 Å². The van der Waals surface area contributed by atoms with Gasteiger partial charge in [-0.2, -0.15) is 0 Å². The third-order valence-electron chi connectivity index (χ3n) is 4.70. The molecule has 2 N–H and O–H groups in total. The van der Waals surface area contributed by atoms with Crippen LogP contribution in [0.5, 0.6) is 0 Å². The van der Waals surface area contributed by atoms with E-state index < -0.39 is 0 Å². The molecular formula is C20H22N4O3. The number of pyridine rings is 1. The van der Waals surface area contributed by atoms with Gasteiger partial charge in [0.25, 0.3) is 5.91 Å². The molecule has 1 saturated carbocycles. The van der Waals surface area contributed by atoms with Crippen LogP contribution < -0.4 is 15.5 Å². The van der Waals surface area contributed by atoms with Gasteiger partial charge in [-0.15, -0.1) is 0 Å². The zero-order chi connectivity index (χ0) is 18.6. The van der Waals surface area contributed by atoms with E-state index in [0.717, 1.165) is 18.5 Å². The van der Waals surface area contributed by atoms with Gasteiger partial charge in [-0.25, -0.2) is 4.98 Å². The molecule has 1 aliphatic heterocycles. The minimum absolute atomic E-state index is 0.0669. The van der Waals surface area contributed by atoms with Crippen molar-refractivity contribution < 1.29 is 14.3 Å². The summed E-state index contributed by atoms with van der Waals surface area (Å²) < 4.78 is 5.37. The molecule has 7 nitrogen and oxygen atoms in total. The van der Waals surface area contributed by atoms with E-state index in [-0.39, 0.29) is 17.7 Å². The number of rotatable bonds is 5. The van der Waals surface area contributed by atoms with E-state index in [9.17, 15) is 9.59 Å². The average molecular weight is 366 g/mol. The zero-order valence-corrected chi connectivity index (χ0v) is 15.0. The summed E-state index contributed by atoms with van der Waals surface area (Å²) >= 11 is 0. The van der Waals surface area contributed by atoms with Gasteiger partial charge in [-0.3, -0.25) is 9.59 Å². The summed E-state index contributed by atoms with van der Waals surface area (Å²) in [6.07, 6.45) is 3.63. The van der Waals surface area contributed by atoms with Gasteiger partial charge >= 0.3 is 0 Å². The van der Waals surface area contributed by atoms with Gasteiger partial charge < -0.3 is 20.3 Å². The minimum atomic E-state index is -0.209. The molecular weight excluding hydrogens is 344 g/mol. The number of nitrogens with one attached hydrogen (secondary N) is 2. The van der Waals surface area contributed by atoms with Gasteiger partial charge in [0.1, 0.15) is 5.82 Å². The Morgan fingerprint density at radius 3 is 2.33 bits per heavy atom. The Kier molecular flexibility index (Phi) is 5.02. The van der Waals surface area contributed by atoms with Crippen LogP contribution in [0.4, 0.5) is 17.2 Å². The molecule has 0 bridgehead atoms. The lowest BCUT2D eigenvalue weighted by molar-refractivity contribution is -0.117. The molecule has 1 aliphatic carbocycles. The molecule has 2 aromatic rings. The van der Waals surface area contributed by atoms with Crippen molar-refractivity contribution >= 4 is 29.0 Å². The predicted octanol–water partition coefficient (Wildman–Crippen LogP) is 2.52. The van der Waals surface area contributed by atoms with Crippen molar-refractivity contribution in [2.75, 3.05) is 41.8 Å². The minimum Gasteiger partial charge on any atom is -0.378 e. The maximum Gasteiger partial charge on any atom is 0.259 e. The van der Waals surface area contributed by atoms with E-state index in [1.54, 1.807) is 42.6 Å². The molecule has 1 saturated heterocycles. The molecule has 0 atom stereocenters. The molecule has 0 radical (unpaired) electrons. The largest absolute Gasteiger partial charge is 0.378 e. The van der Waals surface area contributed by atoms with Crippen LogP contribution in [0.2, 0.25) is 0 Å². The highest BCUT2D eigenvalue weighted by atomic mass is 16.5. The highest BCUT2D eigenvalue weighted by molar-refractivity contribution is 6.07. The number of amides is 2. The Morgan fingerprint density at radius 1 is 1.00 bits per heavy atom. The monoisotopic (exact) mass is 366 g/mol. The Morgan fingerprint density at radius 2 is 1.67 bits per heavy atom. The van der Waals surface area contributed by atoms with Gasteiger partial charge in [0.15, 0.2) is 0 Å². The lowest BCUT2D eigenvalue weighted by atomic mass is 10.2. The normalized spacial score (nSPS) is 16.7. The maximum absolute atomic E-state index is 12.8. The second-order valence-corrected chi connectivity index (χ2v) is 6.77. The van der Waals surface area contributed by atoms with Crippen molar-refractivity contribution in [3.05, 3.63) is 48.2 Å². The Hall–Kier alpha value is -2.93. The number of hydrogen-bond donors (Lipinski definition) is 2. The van der Waals surface area contributed by atoms with Gasteiger partial charge in [0.05, 0.1) is 18.8 Å². The fraction of sp³-hybridized carbons (Fsp3) is 0.350. The summed E-state index contributed by atoms with van der Waals surface area (Å²) in [5, 5.41) is 5.79. The first-order chi connectivity index (χ1) is 13.2. The Bertz CT molecular complexity index is 827. The maximum atomic E-state index is 12.8. The first kappa shape index (κ1) is 17.5. The van der Waals surface area contributed by atoms with Crippen LogP contribution in [0.1, 0.15) is 23.2 Å². The van der Waals surface area contributed by atoms with Crippen LogP contribution in [0.25, 0.3) is 0 Å². The third-order valence-corrected chi connectivity index (χ3v) is 4.70. The van der Waals surface area contributed by atoms with Crippen LogP contribution in [-0.2, 0) is 9.53 Å². The Labute approximate surface area is 157 Å². The summed E-state index contributed by atoms with van der Waals surface area (Å²) in [6, 6.07) is 10.7. The second kappa shape index (κ2) is 7.75. The smallest absolute Gasteiger partial charge is 0.259 e. The topological polar surface area (TPSA) is 83.6 Å². The lowest BCUT2D eigenvalue weighted by Crippen LogP contribution is -2.38. The first-order valence-corrected chi connectivity index (χ1v) is 9.21. The standard InChI is InChI=1S/C20H22N4O3/c25-19(14-3-4-14)22-15-5-7-16(8-6-15)23-20(26)17-2-1-9-21-18(17)24-10-12-27-13-11-24/h1-2,5-9,14H,3-4,10-13H2,(H,22,25)(H,23,26). The SMILES string of the molecule is O=C(Nc1ccc(NC(=O)C2CC2)cc1)c1cccnc1N1CCOCC1. The van der Waals surface area contributed by atoms with E-state index >= 15 is 0 Å². The number of anilines is 3. The van der Waals surface area contributed by atoms with Gasteiger partial charge in [0.2, 0.25) is 5.91 Å². The molecule has 1 aromatic heterocycles. The molecule has 2 heterocycles. The van der Waals surface area contributed by atoms with E-state index in [0.29, 0.717) is 43.4 Å². The molecule has 2 aliphatic rings. The van der Waals surface area contributed by atoms with Crippen molar-refractivity contribution in [3.8, 4) is 0 Å². The number of benzene rings is 1. The van der Waals surface area contributed by atoms with Crippen molar-refractivity contribution in [2.24, 2.45) is 5.92 Å². The van der Waals surface area contributed by atoms with E-state index in [1.807, 2.05) is 0 Å². The van der Waals surface area contributed by atoms with Crippen molar-refractivity contribution in [1.29, 1.82) is 0 Å². The van der Waals surface area contributed by atoms with Crippen LogP contribution >= 0.6 is 0 Å². The average Bonchev–Trinajstić information content (AvgIpc) is 3.55. The summed E-state index contributed by atoms with van der Waals surface area (Å²) in [4.78, 5) is 31.0. The Balaban J connectivity index is 1.43. The van der Waals surface area contributed by atoms with Crippen LogP contribution in [-0.4, -0.2) is 43.1 Å². The number of carbonyl (C=O) groups is 2. The fourth-order valence-corrected chi connectivity index (χ4v) is 3.03. The van der Waals surface area contributed by atoms with Crippen molar-refractivity contribution in [1.82, 2.24) is 4.98 Å². The molecule has 4 rings (SSSR count). The van der Waals surface area contributed by atoms with Gasteiger partial charge in [-0.1, -0.05) is 0 Å². The second-order valence-electron chi connectivity index (χ2n) is 6.77. The number of hydrogen-bond acceptors (Lipinski definition) is 5. The zero-order valence-electron chi connectivity index (χ0n) is 15.0.